The van der Waals surface area contributed by atoms with Crippen LogP contribution in [0.1, 0.15) is 29.8 Å². The monoisotopic (exact) mass is 463 g/mol. The summed E-state index contributed by atoms with van der Waals surface area (Å²) in [5.41, 5.74) is 7.05. The highest BCUT2D eigenvalue weighted by atomic mass is 16.5. The Hall–Kier alpha value is -4.22. The van der Waals surface area contributed by atoms with Crippen molar-refractivity contribution < 1.29 is 14.3 Å². The Labute approximate surface area is 195 Å². The first-order valence-corrected chi connectivity index (χ1v) is 11.0. The van der Waals surface area contributed by atoms with E-state index in [9.17, 15) is 9.59 Å². The fourth-order valence-electron chi connectivity index (χ4n) is 4.23. The van der Waals surface area contributed by atoms with Crippen molar-refractivity contribution in [3.63, 3.8) is 0 Å². The first-order valence-electron chi connectivity index (χ1n) is 11.0. The molecule has 2 fully saturated rings. The second kappa shape index (κ2) is 8.61. The molecule has 0 unspecified atom stereocenters. The highest BCUT2D eigenvalue weighted by Crippen LogP contribution is 2.37. The van der Waals surface area contributed by atoms with Crippen molar-refractivity contribution in [3.05, 3.63) is 36.3 Å². The predicted molar refractivity (Wildman–Crippen MR) is 124 cm³/mol. The lowest BCUT2D eigenvalue weighted by molar-refractivity contribution is 0.0995. The molecule has 3 N–H and O–H groups in total. The van der Waals surface area contributed by atoms with Gasteiger partial charge in [0.1, 0.15) is 6.33 Å². The number of hydrogen-bond donors (Lipinski definition) is 2. The number of nitrogens with two attached hydrogens (primary N) is 1. The highest BCUT2D eigenvalue weighted by molar-refractivity contribution is 5.99. The summed E-state index contributed by atoms with van der Waals surface area (Å²) in [6.45, 7) is 1.14. The quantitative estimate of drug-likeness (QED) is 0.541. The number of methoxy groups -OCH3 is 1. The van der Waals surface area contributed by atoms with E-state index in [0.717, 1.165) is 19.3 Å². The zero-order valence-electron chi connectivity index (χ0n) is 18.9. The normalized spacial score (nSPS) is 16.0. The minimum Gasteiger partial charge on any atom is -0.494 e. The van der Waals surface area contributed by atoms with Gasteiger partial charge in [0.05, 0.1) is 24.0 Å². The molecule has 1 aliphatic carbocycles. The number of hydrogen-bond acceptors (Lipinski definition) is 8. The van der Waals surface area contributed by atoms with Crippen LogP contribution < -0.4 is 20.7 Å². The molecule has 3 amide bonds. The van der Waals surface area contributed by atoms with Crippen molar-refractivity contribution in [1.82, 2.24) is 29.9 Å². The van der Waals surface area contributed by atoms with Gasteiger partial charge in [-0.1, -0.05) is 6.07 Å². The lowest BCUT2D eigenvalue weighted by Gasteiger charge is -2.34. The van der Waals surface area contributed by atoms with Crippen LogP contribution in [0.15, 0.2) is 30.6 Å². The van der Waals surface area contributed by atoms with Crippen LogP contribution in [0.2, 0.25) is 0 Å². The second-order valence-corrected chi connectivity index (χ2v) is 8.29. The van der Waals surface area contributed by atoms with E-state index < -0.39 is 5.91 Å². The molecule has 1 saturated heterocycles. The van der Waals surface area contributed by atoms with Gasteiger partial charge in [0.2, 0.25) is 0 Å². The predicted octanol–water partition coefficient (Wildman–Crippen LogP) is 1.92. The largest absolute Gasteiger partial charge is 0.494 e. The molecule has 34 heavy (non-hydrogen) atoms. The van der Waals surface area contributed by atoms with Crippen molar-refractivity contribution >= 4 is 29.1 Å². The fraction of sp³-hybridized carbons (Fsp3) is 0.364. The number of benzene rings is 1. The van der Waals surface area contributed by atoms with Crippen LogP contribution in [-0.4, -0.2) is 68.0 Å². The smallest absolute Gasteiger partial charge is 0.326 e. The molecular weight excluding hydrogens is 438 g/mol. The van der Waals surface area contributed by atoms with Crippen LogP contribution >= 0.6 is 0 Å². The molecule has 0 bridgehead atoms. The third-order valence-corrected chi connectivity index (χ3v) is 6.18. The standard InChI is InChI=1S/C22H25N9O3/c1-29-12-24-21(28-29)14-7-4-8-15(19(14)34-2)25-16-11-17(26-27-18(16)20(23)32)31-10-9-30(22(31)33)13-5-3-6-13/h4,7-8,11-13H,3,5-6,9-10H2,1-2H3,(H2,23,32)(H,25,26). The van der Waals surface area contributed by atoms with Crippen LogP contribution in [0, 0.1) is 0 Å². The van der Waals surface area contributed by atoms with Gasteiger partial charge in [-0.3, -0.25) is 14.4 Å². The fourth-order valence-corrected chi connectivity index (χ4v) is 4.23. The molecule has 3 aromatic rings. The average Bonchev–Trinajstić information content (AvgIpc) is 3.38. The van der Waals surface area contributed by atoms with Gasteiger partial charge in [0, 0.05) is 32.2 Å². The Kier molecular flexibility index (Phi) is 5.48. The van der Waals surface area contributed by atoms with E-state index in [0.29, 0.717) is 53.5 Å². The number of nitrogens with zero attached hydrogens (tertiary/aromatic N) is 7. The van der Waals surface area contributed by atoms with E-state index in [1.807, 2.05) is 17.0 Å². The number of aromatic nitrogens is 5. The van der Waals surface area contributed by atoms with E-state index in [1.165, 1.54) is 7.11 Å². The molecule has 1 aromatic carbocycles. The molecule has 3 heterocycles. The summed E-state index contributed by atoms with van der Waals surface area (Å²) >= 11 is 0. The van der Waals surface area contributed by atoms with E-state index in [4.69, 9.17) is 10.5 Å². The Morgan fingerprint density at radius 1 is 1.21 bits per heavy atom. The summed E-state index contributed by atoms with van der Waals surface area (Å²) in [4.78, 5) is 32.8. The maximum absolute atomic E-state index is 13.0. The molecule has 12 nitrogen and oxygen atoms in total. The number of carbonyl (C=O) groups excluding carboxylic acids is 2. The van der Waals surface area contributed by atoms with Gasteiger partial charge in [-0.25, -0.2) is 9.78 Å². The van der Waals surface area contributed by atoms with Crippen LogP contribution in [-0.2, 0) is 7.05 Å². The summed E-state index contributed by atoms with van der Waals surface area (Å²) in [5, 5.41) is 15.7. The van der Waals surface area contributed by atoms with Crippen molar-refractivity contribution in [3.8, 4) is 17.1 Å². The Morgan fingerprint density at radius 2 is 2.03 bits per heavy atom. The zero-order chi connectivity index (χ0) is 23.8. The number of para-hydroxylation sites is 1. The second-order valence-electron chi connectivity index (χ2n) is 8.29. The van der Waals surface area contributed by atoms with Gasteiger partial charge in [-0.05, 0) is 31.4 Å². The van der Waals surface area contributed by atoms with Crippen molar-refractivity contribution in [2.24, 2.45) is 12.8 Å². The van der Waals surface area contributed by atoms with E-state index in [1.54, 1.807) is 35.1 Å². The Morgan fingerprint density at radius 3 is 2.68 bits per heavy atom. The first-order chi connectivity index (χ1) is 16.5. The number of primary amides is 1. The number of urea groups is 1. The minimum atomic E-state index is -0.744. The molecule has 0 radical (unpaired) electrons. The van der Waals surface area contributed by atoms with Gasteiger partial charge in [0.25, 0.3) is 5.91 Å². The SMILES string of the molecule is COc1c(Nc2cc(N3CCN(C4CCC4)C3=O)nnc2C(N)=O)cccc1-c1ncn(C)n1. The van der Waals surface area contributed by atoms with E-state index in [-0.39, 0.29) is 11.7 Å². The molecule has 176 valence electrons. The molecule has 1 aliphatic heterocycles. The Bertz CT molecular complexity index is 1250. The average molecular weight is 464 g/mol. The summed E-state index contributed by atoms with van der Waals surface area (Å²) < 4.78 is 7.24. The molecule has 2 aromatic heterocycles. The van der Waals surface area contributed by atoms with Crippen LogP contribution in [0.4, 0.5) is 22.0 Å². The third-order valence-electron chi connectivity index (χ3n) is 6.18. The molecule has 0 atom stereocenters. The molecule has 1 saturated carbocycles. The minimum absolute atomic E-state index is 0.0466. The van der Waals surface area contributed by atoms with Gasteiger partial charge >= 0.3 is 6.03 Å². The molecule has 2 aliphatic rings. The van der Waals surface area contributed by atoms with Gasteiger partial charge in [-0.2, -0.15) is 5.10 Å². The van der Waals surface area contributed by atoms with Crippen molar-refractivity contribution in [1.29, 1.82) is 0 Å². The lowest BCUT2D eigenvalue weighted by atomic mass is 9.92. The summed E-state index contributed by atoms with van der Waals surface area (Å²) in [6.07, 6.45) is 4.80. The molecular formula is C22H25N9O3. The van der Waals surface area contributed by atoms with Crippen LogP contribution in [0.3, 0.4) is 0 Å². The summed E-state index contributed by atoms with van der Waals surface area (Å²) in [5.74, 6) is 0.578. The van der Waals surface area contributed by atoms with Crippen LogP contribution in [0.25, 0.3) is 11.4 Å². The van der Waals surface area contributed by atoms with Gasteiger partial charge in [-0.15, -0.1) is 10.2 Å². The topological polar surface area (TPSA) is 144 Å². The number of amides is 3. The molecule has 5 rings (SSSR count). The number of anilines is 3. The number of nitrogens with one attached hydrogen (secondary N) is 1. The third kappa shape index (κ3) is 3.76. The Balaban J connectivity index is 1.49. The molecule has 12 heteroatoms. The zero-order valence-corrected chi connectivity index (χ0v) is 18.9. The summed E-state index contributed by atoms with van der Waals surface area (Å²) in [6, 6.07) is 7.24. The first kappa shape index (κ1) is 21.6. The van der Waals surface area contributed by atoms with E-state index >= 15 is 0 Å². The van der Waals surface area contributed by atoms with Crippen molar-refractivity contribution in [2.75, 3.05) is 30.4 Å². The summed E-state index contributed by atoms with van der Waals surface area (Å²) in [7, 11) is 3.32. The maximum atomic E-state index is 13.0. The molecule has 0 spiro atoms. The maximum Gasteiger partial charge on any atom is 0.326 e. The number of rotatable bonds is 7. The lowest BCUT2D eigenvalue weighted by Crippen LogP contribution is -2.43. The van der Waals surface area contributed by atoms with Gasteiger partial charge in [0.15, 0.2) is 23.1 Å². The van der Waals surface area contributed by atoms with Gasteiger partial charge < -0.3 is 20.7 Å². The van der Waals surface area contributed by atoms with E-state index in [2.05, 4.69) is 25.6 Å². The van der Waals surface area contributed by atoms with Crippen molar-refractivity contribution in [2.45, 2.75) is 25.3 Å². The highest BCUT2D eigenvalue weighted by Gasteiger charge is 2.37. The van der Waals surface area contributed by atoms with Crippen LogP contribution in [0.5, 0.6) is 5.75 Å². The number of ether oxygens (including phenoxy) is 1. The number of aryl methyl sites for hydroxylation is 1. The number of carbonyl (C=O) groups is 2.